The van der Waals surface area contributed by atoms with Crippen LogP contribution in [0.25, 0.3) is 11.4 Å². The molecule has 32 heavy (non-hydrogen) atoms. The monoisotopic (exact) mass is 429 g/mol. The van der Waals surface area contributed by atoms with Crippen LogP contribution in [-0.2, 0) is 17.9 Å². The molecule has 0 aliphatic carbocycles. The van der Waals surface area contributed by atoms with Crippen molar-refractivity contribution >= 4 is 11.9 Å². The van der Waals surface area contributed by atoms with Crippen LogP contribution >= 0.6 is 0 Å². The summed E-state index contributed by atoms with van der Waals surface area (Å²) < 4.78 is 2.00. The van der Waals surface area contributed by atoms with Crippen molar-refractivity contribution in [3.05, 3.63) is 59.9 Å². The van der Waals surface area contributed by atoms with Crippen molar-refractivity contribution in [1.29, 1.82) is 5.26 Å². The van der Waals surface area contributed by atoms with Gasteiger partial charge in [-0.3, -0.25) is 14.3 Å². The van der Waals surface area contributed by atoms with E-state index in [1.165, 1.54) is 6.42 Å². The van der Waals surface area contributed by atoms with E-state index >= 15 is 0 Å². The lowest BCUT2D eigenvalue weighted by molar-refractivity contribution is -0.132. The number of amides is 1. The van der Waals surface area contributed by atoms with Crippen molar-refractivity contribution in [2.24, 2.45) is 0 Å². The van der Waals surface area contributed by atoms with Crippen molar-refractivity contribution < 1.29 is 4.79 Å². The van der Waals surface area contributed by atoms with Gasteiger partial charge in [0.25, 0.3) is 0 Å². The third-order valence-corrected chi connectivity index (χ3v) is 5.75. The number of nitrogens with zero attached hydrogens (tertiary/aromatic N) is 7. The first-order valence-electron chi connectivity index (χ1n) is 11.0. The Bertz CT molecular complexity index is 1080. The van der Waals surface area contributed by atoms with Crippen LogP contribution in [0.5, 0.6) is 0 Å². The minimum atomic E-state index is 0.177. The number of hydrogen-bond acceptors (Lipinski definition) is 6. The smallest absolute Gasteiger partial charge is 0.227 e. The van der Waals surface area contributed by atoms with Crippen molar-refractivity contribution in [3.8, 4) is 17.5 Å². The Hall–Kier alpha value is -3.73. The summed E-state index contributed by atoms with van der Waals surface area (Å²) in [5.41, 5.74) is 2.56. The van der Waals surface area contributed by atoms with Gasteiger partial charge < -0.3 is 9.80 Å². The number of aromatic nitrogens is 4. The highest BCUT2D eigenvalue weighted by molar-refractivity contribution is 5.76. The first-order chi connectivity index (χ1) is 15.7. The average Bonchev–Trinajstić information content (AvgIpc) is 3.28. The number of pyridine rings is 1. The molecule has 1 fully saturated rings. The first-order valence-corrected chi connectivity index (χ1v) is 11.0. The standard InChI is InChI=1S/C24H27N7O/c1-29(18-20-9-7-19(16-25)8-10-20)24-28-27-23(21-6-5-12-26-17-21)31(24)15-11-22(32)30-13-3-2-4-14-30/h5-10,12,17H,2-4,11,13-15,18H2,1H3. The molecule has 4 rings (SSSR count). The summed E-state index contributed by atoms with van der Waals surface area (Å²) in [4.78, 5) is 21.0. The van der Waals surface area contributed by atoms with Crippen LogP contribution in [-0.4, -0.2) is 50.7 Å². The molecule has 3 heterocycles. The number of carbonyl (C=O) groups is 1. The molecule has 8 nitrogen and oxygen atoms in total. The van der Waals surface area contributed by atoms with E-state index in [2.05, 4.69) is 21.3 Å². The third kappa shape index (κ3) is 4.94. The Morgan fingerprint density at radius 2 is 1.91 bits per heavy atom. The fourth-order valence-corrected chi connectivity index (χ4v) is 4.03. The van der Waals surface area contributed by atoms with E-state index in [1.807, 2.05) is 57.8 Å². The van der Waals surface area contributed by atoms with E-state index in [4.69, 9.17) is 5.26 Å². The minimum Gasteiger partial charge on any atom is -0.343 e. The van der Waals surface area contributed by atoms with Gasteiger partial charge in [0.15, 0.2) is 5.82 Å². The molecule has 0 saturated carbocycles. The summed E-state index contributed by atoms with van der Waals surface area (Å²) in [5, 5.41) is 17.9. The number of benzene rings is 1. The number of piperidine rings is 1. The van der Waals surface area contributed by atoms with Gasteiger partial charge in [-0.05, 0) is 49.1 Å². The molecule has 1 aliphatic rings. The van der Waals surface area contributed by atoms with Crippen molar-refractivity contribution in [2.45, 2.75) is 38.8 Å². The largest absolute Gasteiger partial charge is 0.343 e. The summed E-state index contributed by atoms with van der Waals surface area (Å²) in [7, 11) is 1.96. The van der Waals surface area contributed by atoms with Gasteiger partial charge in [0.2, 0.25) is 11.9 Å². The molecule has 0 N–H and O–H groups in total. The minimum absolute atomic E-state index is 0.177. The number of rotatable bonds is 7. The van der Waals surface area contributed by atoms with E-state index < -0.39 is 0 Å². The lowest BCUT2D eigenvalue weighted by atomic mass is 10.1. The second-order valence-electron chi connectivity index (χ2n) is 8.07. The van der Waals surface area contributed by atoms with Gasteiger partial charge in [-0.25, -0.2) is 0 Å². The Labute approximate surface area is 188 Å². The third-order valence-electron chi connectivity index (χ3n) is 5.75. The molecule has 0 radical (unpaired) electrons. The molecule has 164 valence electrons. The molecule has 1 aromatic carbocycles. The molecule has 0 atom stereocenters. The number of carbonyl (C=O) groups excluding carboxylic acids is 1. The van der Waals surface area contributed by atoms with E-state index in [0.717, 1.165) is 37.1 Å². The number of hydrogen-bond donors (Lipinski definition) is 0. The van der Waals surface area contributed by atoms with Crippen molar-refractivity contribution in [1.82, 2.24) is 24.6 Å². The molecule has 2 aromatic heterocycles. The zero-order valence-electron chi connectivity index (χ0n) is 18.3. The van der Waals surface area contributed by atoms with Gasteiger partial charge in [-0.2, -0.15) is 5.26 Å². The first kappa shape index (κ1) is 21.5. The van der Waals surface area contributed by atoms with E-state index in [9.17, 15) is 4.79 Å². The summed E-state index contributed by atoms with van der Waals surface area (Å²) in [6.07, 6.45) is 7.25. The Kier molecular flexibility index (Phi) is 6.75. The normalized spacial score (nSPS) is 13.6. The summed E-state index contributed by atoms with van der Waals surface area (Å²) in [6.45, 7) is 2.81. The zero-order chi connectivity index (χ0) is 22.3. The highest BCUT2D eigenvalue weighted by Crippen LogP contribution is 2.23. The van der Waals surface area contributed by atoms with E-state index in [0.29, 0.717) is 36.8 Å². The maximum atomic E-state index is 12.8. The quantitative estimate of drug-likeness (QED) is 0.573. The van der Waals surface area contributed by atoms with Crippen LogP contribution < -0.4 is 4.90 Å². The predicted octanol–water partition coefficient (Wildman–Crippen LogP) is 3.25. The fourth-order valence-electron chi connectivity index (χ4n) is 4.03. The number of nitriles is 1. The van der Waals surface area contributed by atoms with Crippen LogP contribution in [0.3, 0.4) is 0 Å². The molecule has 1 amide bonds. The van der Waals surface area contributed by atoms with Crippen LogP contribution in [0.1, 0.15) is 36.8 Å². The molecule has 0 spiro atoms. The van der Waals surface area contributed by atoms with Gasteiger partial charge in [0.1, 0.15) is 0 Å². The van der Waals surface area contributed by atoms with E-state index in [1.54, 1.807) is 12.4 Å². The zero-order valence-corrected chi connectivity index (χ0v) is 18.3. The highest BCUT2D eigenvalue weighted by Gasteiger charge is 2.21. The molecule has 3 aromatic rings. The van der Waals surface area contributed by atoms with Gasteiger partial charge in [0, 0.05) is 57.6 Å². The van der Waals surface area contributed by atoms with Gasteiger partial charge in [-0.15, -0.1) is 10.2 Å². The van der Waals surface area contributed by atoms with Crippen molar-refractivity contribution in [2.75, 3.05) is 25.0 Å². The second kappa shape index (κ2) is 10.1. The van der Waals surface area contributed by atoms with Gasteiger partial charge in [-0.1, -0.05) is 12.1 Å². The topological polar surface area (TPSA) is 90.9 Å². The van der Waals surface area contributed by atoms with Crippen LogP contribution in [0.4, 0.5) is 5.95 Å². The molecular formula is C24H27N7O. The van der Waals surface area contributed by atoms with E-state index in [-0.39, 0.29) is 5.91 Å². The summed E-state index contributed by atoms with van der Waals surface area (Å²) in [6, 6.07) is 13.5. The predicted molar refractivity (Wildman–Crippen MR) is 122 cm³/mol. The van der Waals surface area contributed by atoms with Crippen LogP contribution in [0.15, 0.2) is 48.8 Å². The molecule has 0 unspecified atom stereocenters. The number of likely N-dealkylation sites (tertiary alicyclic amines) is 1. The molecular weight excluding hydrogens is 402 g/mol. The Morgan fingerprint density at radius 1 is 1.12 bits per heavy atom. The maximum Gasteiger partial charge on any atom is 0.227 e. The molecule has 1 aliphatic heterocycles. The Morgan fingerprint density at radius 3 is 2.59 bits per heavy atom. The van der Waals surface area contributed by atoms with Crippen LogP contribution in [0.2, 0.25) is 0 Å². The average molecular weight is 430 g/mol. The number of anilines is 1. The van der Waals surface area contributed by atoms with Crippen LogP contribution in [0, 0.1) is 11.3 Å². The lowest BCUT2D eigenvalue weighted by Crippen LogP contribution is -2.36. The second-order valence-corrected chi connectivity index (χ2v) is 8.07. The molecule has 0 bridgehead atoms. The van der Waals surface area contributed by atoms with Crippen molar-refractivity contribution in [3.63, 3.8) is 0 Å². The molecule has 1 saturated heterocycles. The Balaban J connectivity index is 1.56. The fraction of sp³-hybridized carbons (Fsp3) is 0.375. The highest BCUT2D eigenvalue weighted by atomic mass is 16.2. The van der Waals surface area contributed by atoms with Gasteiger partial charge in [0.05, 0.1) is 11.6 Å². The lowest BCUT2D eigenvalue weighted by Gasteiger charge is -2.27. The maximum absolute atomic E-state index is 12.8. The van der Waals surface area contributed by atoms with Gasteiger partial charge >= 0.3 is 0 Å². The molecule has 8 heteroatoms. The summed E-state index contributed by atoms with van der Waals surface area (Å²) >= 11 is 0. The summed E-state index contributed by atoms with van der Waals surface area (Å²) in [5.74, 6) is 1.57. The SMILES string of the molecule is CN(Cc1ccc(C#N)cc1)c1nnc(-c2cccnc2)n1CCC(=O)N1CCCCC1.